The van der Waals surface area contributed by atoms with Crippen molar-refractivity contribution in [3.8, 4) is 5.75 Å². The summed E-state index contributed by atoms with van der Waals surface area (Å²) in [6.45, 7) is 1.49. The van der Waals surface area contributed by atoms with Gasteiger partial charge in [0, 0.05) is 42.4 Å². The molecule has 2 N–H and O–H groups in total. The first-order valence-electron chi connectivity index (χ1n) is 12.2. The van der Waals surface area contributed by atoms with E-state index in [-0.39, 0.29) is 35.7 Å². The zero-order valence-corrected chi connectivity index (χ0v) is 21.5. The predicted octanol–water partition coefficient (Wildman–Crippen LogP) is 6.38. The van der Waals surface area contributed by atoms with Crippen LogP contribution >= 0.6 is 11.6 Å². The summed E-state index contributed by atoms with van der Waals surface area (Å²) >= 11 is 6.31. The number of halogens is 5. The van der Waals surface area contributed by atoms with Gasteiger partial charge in [-0.05, 0) is 57.0 Å². The predicted molar refractivity (Wildman–Crippen MR) is 137 cm³/mol. The number of hydrogen-bond acceptors (Lipinski definition) is 5. The van der Waals surface area contributed by atoms with Crippen LogP contribution in [0.4, 0.5) is 23.2 Å². The molecule has 2 heterocycles. The Hall–Kier alpha value is -3.11. The minimum Gasteiger partial charge on any atom is -0.497 e. The second kappa shape index (κ2) is 11.7. The standard InChI is InChI=1S/C27H28ClF4N3O3/c1-38-17-2-3-22-18(14-17)24(19(28)15-34-22)20(30)4-5-27(26(36)37)6-9-35(10-7-27)11-8-33-23-13-16(29)12-21(31)25(23)32/h2-3,12-15,20,33H,4-11H2,1H3,(H,36,37)/t20-/m0/s1. The number of pyridine rings is 1. The van der Waals surface area contributed by atoms with Crippen molar-refractivity contribution in [3.63, 3.8) is 0 Å². The van der Waals surface area contributed by atoms with Crippen molar-refractivity contribution in [1.82, 2.24) is 9.88 Å². The number of benzene rings is 2. The summed E-state index contributed by atoms with van der Waals surface area (Å²) < 4.78 is 61.4. The molecular weight excluding hydrogens is 526 g/mol. The Morgan fingerprint density at radius 2 is 1.97 bits per heavy atom. The molecule has 0 amide bonds. The fourth-order valence-corrected chi connectivity index (χ4v) is 5.24. The topological polar surface area (TPSA) is 74.7 Å². The van der Waals surface area contributed by atoms with Crippen LogP contribution in [-0.2, 0) is 4.79 Å². The fourth-order valence-electron chi connectivity index (χ4n) is 4.97. The first kappa shape index (κ1) is 27.9. The van der Waals surface area contributed by atoms with Crippen molar-refractivity contribution < 1.29 is 32.2 Å². The Bertz CT molecular complexity index is 1320. The second-order valence-electron chi connectivity index (χ2n) is 9.51. The molecule has 0 saturated carbocycles. The molecule has 1 aliphatic rings. The van der Waals surface area contributed by atoms with E-state index in [0.717, 1.165) is 6.07 Å². The van der Waals surface area contributed by atoms with Crippen LogP contribution < -0.4 is 10.1 Å². The molecule has 0 unspecified atom stereocenters. The number of anilines is 1. The number of nitrogens with one attached hydrogen (secondary N) is 1. The van der Waals surface area contributed by atoms with Crippen molar-refractivity contribution >= 4 is 34.2 Å². The van der Waals surface area contributed by atoms with E-state index in [0.29, 0.717) is 55.2 Å². The van der Waals surface area contributed by atoms with Crippen LogP contribution in [0.2, 0.25) is 5.02 Å². The third kappa shape index (κ3) is 5.96. The van der Waals surface area contributed by atoms with Gasteiger partial charge in [-0.2, -0.15) is 0 Å². The van der Waals surface area contributed by atoms with E-state index in [2.05, 4.69) is 10.3 Å². The number of aromatic nitrogens is 1. The van der Waals surface area contributed by atoms with Crippen LogP contribution in [-0.4, -0.2) is 54.2 Å². The van der Waals surface area contributed by atoms with Crippen LogP contribution in [0.25, 0.3) is 10.9 Å². The highest BCUT2D eigenvalue weighted by Gasteiger charge is 2.41. The quantitative estimate of drug-likeness (QED) is 0.224. The lowest BCUT2D eigenvalue weighted by Gasteiger charge is -2.39. The molecule has 0 spiro atoms. The number of aliphatic carboxylic acids is 1. The Labute approximate surface area is 222 Å². The number of alkyl halides is 1. The molecule has 2 aromatic carbocycles. The minimum atomic E-state index is -1.50. The summed E-state index contributed by atoms with van der Waals surface area (Å²) in [7, 11) is 1.50. The fraction of sp³-hybridized carbons (Fsp3) is 0.407. The molecule has 1 aliphatic heterocycles. The van der Waals surface area contributed by atoms with Gasteiger partial charge in [0.1, 0.15) is 17.7 Å². The Kier molecular flexibility index (Phi) is 8.62. The summed E-state index contributed by atoms with van der Waals surface area (Å²) in [5, 5.41) is 13.4. The van der Waals surface area contributed by atoms with Gasteiger partial charge in [0.25, 0.3) is 0 Å². The summed E-state index contributed by atoms with van der Waals surface area (Å²) in [5.41, 5.74) is -0.545. The van der Waals surface area contributed by atoms with E-state index in [9.17, 15) is 23.1 Å². The maximum atomic E-state index is 15.6. The maximum absolute atomic E-state index is 15.6. The van der Waals surface area contributed by atoms with Crippen molar-refractivity contribution in [2.45, 2.75) is 31.9 Å². The lowest BCUT2D eigenvalue weighted by molar-refractivity contribution is -0.153. The number of rotatable bonds is 10. The highest BCUT2D eigenvalue weighted by molar-refractivity contribution is 6.32. The Morgan fingerprint density at radius 1 is 1.24 bits per heavy atom. The number of carboxylic acid groups (broad SMARTS) is 1. The number of methoxy groups -OCH3 is 1. The molecule has 6 nitrogen and oxygen atoms in total. The molecule has 38 heavy (non-hydrogen) atoms. The van der Waals surface area contributed by atoms with Gasteiger partial charge in [-0.1, -0.05) is 11.6 Å². The Morgan fingerprint density at radius 3 is 2.66 bits per heavy atom. The monoisotopic (exact) mass is 553 g/mol. The molecule has 0 radical (unpaired) electrons. The molecule has 0 bridgehead atoms. The molecule has 0 aliphatic carbocycles. The van der Waals surface area contributed by atoms with Crippen LogP contribution in [0.5, 0.6) is 5.75 Å². The molecule has 1 atom stereocenters. The Balaban J connectivity index is 1.37. The summed E-state index contributed by atoms with van der Waals surface area (Å²) in [5.74, 6) is -3.77. The van der Waals surface area contributed by atoms with E-state index in [1.807, 2.05) is 4.90 Å². The maximum Gasteiger partial charge on any atom is 0.309 e. The SMILES string of the molecule is COc1ccc2ncc(Cl)c([C@@H](F)CCC3(C(=O)O)CCN(CCNc4cc(F)cc(F)c4F)CC3)c2c1. The highest BCUT2D eigenvalue weighted by Crippen LogP contribution is 2.42. The molecule has 3 aromatic rings. The number of carbonyl (C=O) groups is 1. The van der Waals surface area contributed by atoms with Gasteiger partial charge in [-0.15, -0.1) is 0 Å². The van der Waals surface area contributed by atoms with Gasteiger partial charge in [0.05, 0.1) is 28.8 Å². The van der Waals surface area contributed by atoms with Crippen LogP contribution in [0.15, 0.2) is 36.5 Å². The van der Waals surface area contributed by atoms with Gasteiger partial charge >= 0.3 is 5.97 Å². The van der Waals surface area contributed by atoms with Crippen LogP contribution in [0.1, 0.15) is 37.4 Å². The number of piperidine rings is 1. The van der Waals surface area contributed by atoms with Crippen molar-refractivity contribution in [3.05, 3.63) is 64.6 Å². The highest BCUT2D eigenvalue weighted by atomic mass is 35.5. The van der Waals surface area contributed by atoms with Gasteiger partial charge in [-0.25, -0.2) is 17.6 Å². The van der Waals surface area contributed by atoms with Crippen molar-refractivity contribution in [2.24, 2.45) is 5.41 Å². The van der Waals surface area contributed by atoms with E-state index >= 15 is 4.39 Å². The number of carboxylic acids is 1. The minimum absolute atomic E-state index is 0.0334. The third-order valence-corrected chi connectivity index (χ3v) is 7.56. The van der Waals surface area contributed by atoms with E-state index < -0.39 is 35.0 Å². The number of fused-ring (bicyclic) bond motifs is 1. The number of nitrogens with zero attached hydrogens (tertiary/aromatic N) is 2. The van der Waals surface area contributed by atoms with E-state index in [4.69, 9.17) is 16.3 Å². The molecular formula is C27H28ClF4N3O3. The summed E-state index contributed by atoms with van der Waals surface area (Å²) in [6, 6.07) is 6.45. The van der Waals surface area contributed by atoms with Crippen molar-refractivity contribution in [1.29, 1.82) is 0 Å². The van der Waals surface area contributed by atoms with E-state index in [1.165, 1.54) is 13.3 Å². The average molecular weight is 554 g/mol. The number of ether oxygens (including phenoxy) is 1. The third-order valence-electron chi connectivity index (χ3n) is 7.26. The lowest BCUT2D eigenvalue weighted by Crippen LogP contribution is -2.45. The average Bonchev–Trinajstić information content (AvgIpc) is 2.90. The van der Waals surface area contributed by atoms with Crippen LogP contribution in [0.3, 0.4) is 0 Å². The molecule has 11 heteroatoms. The molecule has 1 saturated heterocycles. The summed E-state index contributed by atoms with van der Waals surface area (Å²) in [6.07, 6.45) is 0.580. The van der Waals surface area contributed by atoms with Gasteiger partial charge in [0.2, 0.25) is 0 Å². The first-order chi connectivity index (χ1) is 18.1. The smallest absolute Gasteiger partial charge is 0.309 e. The molecule has 4 rings (SSSR count). The normalized spacial score (nSPS) is 16.4. The first-order valence-corrected chi connectivity index (χ1v) is 12.6. The second-order valence-corrected chi connectivity index (χ2v) is 9.92. The lowest BCUT2D eigenvalue weighted by atomic mass is 9.74. The molecule has 1 fully saturated rings. The van der Waals surface area contributed by atoms with Crippen LogP contribution in [0, 0.1) is 22.9 Å². The van der Waals surface area contributed by atoms with Crippen molar-refractivity contribution in [2.75, 3.05) is 38.6 Å². The summed E-state index contributed by atoms with van der Waals surface area (Å²) in [4.78, 5) is 18.5. The largest absolute Gasteiger partial charge is 0.497 e. The van der Waals surface area contributed by atoms with E-state index in [1.54, 1.807) is 18.2 Å². The number of hydrogen-bond donors (Lipinski definition) is 2. The zero-order valence-electron chi connectivity index (χ0n) is 20.7. The number of likely N-dealkylation sites (tertiary alicyclic amines) is 1. The van der Waals surface area contributed by atoms with Gasteiger partial charge in [-0.3, -0.25) is 9.78 Å². The molecule has 1 aromatic heterocycles. The zero-order chi connectivity index (χ0) is 27.4. The van der Waals surface area contributed by atoms with Gasteiger partial charge in [0.15, 0.2) is 11.6 Å². The van der Waals surface area contributed by atoms with Gasteiger partial charge < -0.3 is 20.1 Å². The molecule has 204 valence electrons.